The zero-order chi connectivity index (χ0) is 15.8. The number of benzene rings is 1. The maximum absolute atomic E-state index is 9.64. The first-order valence-electron chi connectivity index (χ1n) is 7.98. The van der Waals surface area contributed by atoms with Crippen LogP contribution < -0.4 is 4.90 Å². The predicted octanol–water partition coefficient (Wildman–Crippen LogP) is 3.95. The Morgan fingerprint density at radius 3 is 2.24 bits per heavy atom. The molecule has 0 fully saturated rings. The van der Waals surface area contributed by atoms with Crippen molar-refractivity contribution < 1.29 is 5.11 Å². The molecule has 0 bridgehead atoms. The monoisotopic (exact) mass is 312 g/mol. The second-order valence-corrected chi connectivity index (χ2v) is 5.75. The van der Waals surface area contributed by atoms with Crippen LogP contribution in [0.2, 0.25) is 5.02 Å². The SMILES string of the molecule is CCN(CC)CCCN(CC)c1ccc(C(C)O)c(Cl)c1. The third kappa shape index (κ3) is 5.50. The molecule has 0 aliphatic carbocycles. The zero-order valence-electron chi connectivity index (χ0n) is 13.8. The summed E-state index contributed by atoms with van der Waals surface area (Å²) >= 11 is 6.26. The van der Waals surface area contributed by atoms with Gasteiger partial charge in [-0.05, 0) is 57.6 Å². The lowest BCUT2D eigenvalue weighted by molar-refractivity contribution is 0.199. The summed E-state index contributed by atoms with van der Waals surface area (Å²) in [7, 11) is 0. The second kappa shape index (κ2) is 9.29. The van der Waals surface area contributed by atoms with Crippen LogP contribution in [0.3, 0.4) is 0 Å². The van der Waals surface area contributed by atoms with E-state index in [1.165, 1.54) is 0 Å². The summed E-state index contributed by atoms with van der Waals surface area (Å²) in [6.07, 6.45) is 0.620. The van der Waals surface area contributed by atoms with E-state index in [1.54, 1.807) is 6.92 Å². The first-order chi connectivity index (χ1) is 10.0. The van der Waals surface area contributed by atoms with Gasteiger partial charge < -0.3 is 14.9 Å². The summed E-state index contributed by atoms with van der Waals surface area (Å²) in [6, 6.07) is 5.94. The molecule has 1 N–H and O–H groups in total. The van der Waals surface area contributed by atoms with Crippen LogP contribution in [0.15, 0.2) is 18.2 Å². The van der Waals surface area contributed by atoms with Gasteiger partial charge in [-0.3, -0.25) is 0 Å². The number of aliphatic hydroxyl groups is 1. The van der Waals surface area contributed by atoms with Crippen molar-refractivity contribution in [1.29, 1.82) is 0 Å². The minimum Gasteiger partial charge on any atom is -0.389 e. The average Bonchev–Trinajstić information content (AvgIpc) is 2.47. The van der Waals surface area contributed by atoms with Crippen LogP contribution in [0.5, 0.6) is 0 Å². The third-order valence-corrected chi connectivity index (χ3v) is 4.31. The third-order valence-electron chi connectivity index (χ3n) is 3.98. The Hall–Kier alpha value is -0.770. The Kier molecular flexibility index (Phi) is 8.09. The highest BCUT2D eigenvalue weighted by atomic mass is 35.5. The summed E-state index contributed by atoms with van der Waals surface area (Å²) in [5, 5.41) is 10.3. The second-order valence-electron chi connectivity index (χ2n) is 5.34. The largest absolute Gasteiger partial charge is 0.389 e. The van der Waals surface area contributed by atoms with Crippen LogP contribution in [0.1, 0.15) is 45.8 Å². The lowest BCUT2D eigenvalue weighted by Crippen LogP contribution is -2.30. The van der Waals surface area contributed by atoms with E-state index in [0.29, 0.717) is 5.02 Å². The molecule has 0 saturated carbocycles. The Balaban J connectivity index is 2.66. The molecule has 1 aromatic rings. The van der Waals surface area contributed by atoms with E-state index in [2.05, 4.69) is 36.6 Å². The van der Waals surface area contributed by atoms with Gasteiger partial charge in [0.1, 0.15) is 0 Å². The minimum absolute atomic E-state index is 0.524. The summed E-state index contributed by atoms with van der Waals surface area (Å²) in [5.74, 6) is 0. The van der Waals surface area contributed by atoms with Crippen LogP contribution in [-0.4, -0.2) is 42.7 Å². The Morgan fingerprint density at radius 2 is 1.76 bits per heavy atom. The van der Waals surface area contributed by atoms with Crippen LogP contribution in [0.25, 0.3) is 0 Å². The molecule has 0 aromatic heterocycles. The topological polar surface area (TPSA) is 26.7 Å². The van der Waals surface area contributed by atoms with Gasteiger partial charge in [-0.25, -0.2) is 0 Å². The molecule has 0 heterocycles. The van der Waals surface area contributed by atoms with Gasteiger partial charge in [0.25, 0.3) is 0 Å². The van der Waals surface area contributed by atoms with Crippen molar-refractivity contribution in [2.75, 3.05) is 37.6 Å². The van der Waals surface area contributed by atoms with E-state index in [-0.39, 0.29) is 0 Å². The van der Waals surface area contributed by atoms with Crippen LogP contribution in [0.4, 0.5) is 5.69 Å². The number of aliphatic hydroxyl groups excluding tert-OH is 1. The van der Waals surface area contributed by atoms with Crippen LogP contribution in [-0.2, 0) is 0 Å². The van der Waals surface area contributed by atoms with Crippen molar-refractivity contribution in [3.8, 4) is 0 Å². The molecule has 3 nitrogen and oxygen atoms in total. The van der Waals surface area contributed by atoms with Crippen LogP contribution >= 0.6 is 11.6 Å². The Morgan fingerprint density at radius 1 is 1.10 bits per heavy atom. The van der Waals surface area contributed by atoms with Gasteiger partial charge >= 0.3 is 0 Å². The molecule has 0 spiro atoms. The van der Waals surface area contributed by atoms with E-state index in [4.69, 9.17) is 11.6 Å². The van der Waals surface area contributed by atoms with Gasteiger partial charge in [0.05, 0.1) is 6.10 Å². The minimum atomic E-state index is -0.524. The molecule has 120 valence electrons. The standard InChI is InChI=1S/C17H29ClN2O/c1-5-19(6-2)11-8-12-20(7-3)15-9-10-16(14(4)21)17(18)13-15/h9-10,13-14,21H,5-8,11-12H2,1-4H3. The zero-order valence-corrected chi connectivity index (χ0v) is 14.5. The molecule has 0 aliphatic heterocycles. The molecular formula is C17H29ClN2O. The molecule has 0 amide bonds. The molecule has 4 heteroatoms. The van der Waals surface area contributed by atoms with Crippen molar-refractivity contribution in [2.24, 2.45) is 0 Å². The van der Waals surface area contributed by atoms with Gasteiger partial charge in [-0.2, -0.15) is 0 Å². The van der Waals surface area contributed by atoms with Crippen molar-refractivity contribution >= 4 is 17.3 Å². The first kappa shape index (κ1) is 18.3. The first-order valence-corrected chi connectivity index (χ1v) is 8.36. The molecule has 0 aliphatic rings. The summed E-state index contributed by atoms with van der Waals surface area (Å²) in [4.78, 5) is 4.78. The van der Waals surface area contributed by atoms with E-state index < -0.39 is 6.10 Å². The van der Waals surface area contributed by atoms with Crippen molar-refractivity contribution in [3.63, 3.8) is 0 Å². The lowest BCUT2D eigenvalue weighted by atomic mass is 10.1. The van der Waals surface area contributed by atoms with Crippen molar-refractivity contribution in [1.82, 2.24) is 4.90 Å². The van der Waals surface area contributed by atoms with Crippen molar-refractivity contribution in [3.05, 3.63) is 28.8 Å². The molecule has 1 atom stereocenters. The fraction of sp³-hybridized carbons (Fsp3) is 0.647. The smallest absolute Gasteiger partial charge is 0.0776 e. The lowest BCUT2D eigenvalue weighted by Gasteiger charge is -2.26. The van der Waals surface area contributed by atoms with Crippen LogP contribution in [0, 0.1) is 0 Å². The van der Waals surface area contributed by atoms with E-state index in [1.807, 2.05) is 12.1 Å². The maximum Gasteiger partial charge on any atom is 0.0776 e. The molecule has 0 saturated heterocycles. The molecule has 1 aromatic carbocycles. The summed E-state index contributed by atoms with van der Waals surface area (Å²) in [5.41, 5.74) is 1.92. The maximum atomic E-state index is 9.64. The van der Waals surface area contributed by atoms with Crippen molar-refractivity contribution in [2.45, 2.75) is 40.2 Å². The highest BCUT2D eigenvalue weighted by molar-refractivity contribution is 6.31. The fourth-order valence-corrected chi connectivity index (χ4v) is 2.88. The fourth-order valence-electron chi connectivity index (χ4n) is 2.55. The van der Waals surface area contributed by atoms with E-state index >= 15 is 0 Å². The molecular weight excluding hydrogens is 284 g/mol. The van der Waals surface area contributed by atoms with Gasteiger partial charge in [-0.1, -0.05) is 31.5 Å². The molecule has 1 rings (SSSR count). The molecule has 1 unspecified atom stereocenters. The number of nitrogens with zero attached hydrogens (tertiary/aromatic N) is 2. The Bertz CT molecular complexity index is 419. The van der Waals surface area contributed by atoms with E-state index in [0.717, 1.165) is 50.4 Å². The van der Waals surface area contributed by atoms with E-state index in [9.17, 15) is 5.11 Å². The molecule has 21 heavy (non-hydrogen) atoms. The number of hydrogen-bond donors (Lipinski definition) is 1. The van der Waals surface area contributed by atoms with Gasteiger partial charge in [0, 0.05) is 23.8 Å². The number of hydrogen-bond acceptors (Lipinski definition) is 3. The predicted molar refractivity (Wildman–Crippen MR) is 92.4 cm³/mol. The normalized spacial score (nSPS) is 12.7. The van der Waals surface area contributed by atoms with Gasteiger partial charge in [0.15, 0.2) is 0 Å². The van der Waals surface area contributed by atoms with Gasteiger partial charge in [0.2, 0.25) is 0 Å². The summed E-state index contributed by atoms with van der Waals surface area (Å²) in [6.45, 7) is 13.6. The number of anilines is 1. The molecule has 0 radical (unpaired) electrons. The number of halogens is 1. The Labute approximate surface area is 134 Å². The highest BCUT2D eigenvalue weighted by Gasteiger charge is 2.10. The quantitative estimate of drug-likeness (QED) is 0.748. The summed E-state index contributed by atoms with van der Waals surface area (Å²) < 4.78 is 0. The van der Waals surface area contributed by atoms with Gasteiger partial charge in [-0.15, -0.1) is 0 Å². The average molecular weight is 313 g/mol. The number of rotatable bonds is 9. The highest BCUT2D eigenvalue weighted by Crippen LogP contribution is 2.27.